The quantitative estimate of drug-likeness (QED) is 0.664. The Morgan fingerprint density at radius 1 is 0.650 bits per heavy atom. The van der Waals surface area contributed by atoms with Gasteiger partial charge in [-0.15, -0.1) is 0 Å². The summed E-state index contributed by atoms with van der Waals surface area (Å²) in [6, 6.07) is 5.96. The van der Waals surface area contributed by atoms with E-state index < -0.39 is 0 Å². The van der Waals surface area contributed by atoms with Crippen LogP contribution in [0, 0.1) is 0 Å². The number of benzene rings is 2. The van der Waals surface area contributed by atoms with E-state index in [0.717, 1.165) is 0 Å². The highest BCUT2D eigenvalue weighted by molar-refractivity contribution is 6.36. The molecule has 0 heterocycles. The Labute approximate surface area is 135 Å². The number of aromatic hydroxyl groups is 2. The lowest BCUT2D eigenvalue weighted by atomic mass is 10.1. The van der Waals surface area contributed by atoms with Gasteiger partial charge in [0.2, 0.25) is 0 Å². The molecule has 0 radical (unpaired) electrons. The molecule has 104 valence electrons. The van der Waals surface area contributed by atoms with E-state index in [1.54, 1.807) is 24.3 Å². The van der Waals surface area contributed by atoms with Crippen molar-refractivity contribution in [3.05, 3.63) is 55.5 Å². The first-order valence-electron chi connectivity index (χ1n) is 5.42. The summed E-state index contributed by atoms with van der Waals surface area (Å²) in [4.78, 5) is 0. The minimum absolute atomic E-state index is 0.0973. The Kier molecular flexibility index (Phi) is 4.71. The summed E-state index contributed by atoms with van der Waals surface area (Å²) in [5, 5.41) is 20.7. The SMILES string of the molecule is Oc1c(Cl)cc(Cl)cc1C=Cc1cc(Cl)cc(Cl)c1O. The predicted octanol–water partition coefficient (Wildman–Crippen LogP) is 5.88. The van der Waals surface area contributed by atoms with Gasteiger partial charge in [0.15, 0.2) is 0 Å². The van der Waals surface area contributed by atoms with E-state index in [9.17, 15) is 10.2 Å². The molecule has 2 N–H and O–H groups in total. The summed E-state index contributed by atoms with van der Waals surface area (Å²) < 4.78 is 0. The van der Waals surface area contributed by atoms with Gasteiger partial charge in [0, 0.05) is 21.2 Å². The van der Waals surface area contributed by atoms with Crippen LogP contribution in [0.1, 0.15) is 11.1 Å². The van der Waals surface area contributed by atoms with Crippen LogP contribution in [0.2, 0.25) is 20.1 Å². The smallest absolute Gasteiger partial charge is 0.141 e. The van der Waals surface area contributed by atoms with Crippen LogP contribution in [0.15, 0.2) is 24.3 Å². The van der Waals surface area contributed by atoms with Gasteiger partial charge in [-0.1, -0.05) is 58.6 Å². The molecule has 2 nitrogen and oxygen atoms in total. The summed E-state index contributed by atoms with van der Waals surface area (Å²) in [5.74, 6) is -0.195. The maximum Gasteiger partial charge on any atom is 0.141 e. The van der Waals surface area contributed by atoms with Crippen LogP contribution in [-0.2, 0) is 0 Å². The van der Waals surface area contributed by atoms with Crippen LogP contribution in [0.4, 0.5) is 0 Å². The fourth-order valence-electron chi connectivity index (χ4n) is 1.61. The summed E-state index contributed by atoms with van der Waals surface area (Å²) in [6.07, 6.45) is 3.10. The van der Waals surface area contributed by atoms with Gasteiger partial charge in [0.05, 0.1) is 10.0 Å². The van der Waals surface area contributed by atoms with Crippen LogP contribution >= 0.6 is 46.4 Å². The average molecular weight is 350 g/mol. The fourth-order valence-corrected chi connectivity index (χ4v) is 2.62. The third-order valence-electron chi connectivity index (χ3n) is 2.56. The van der Waals surface area contributed by atoms with E-state index >= 15 is 0 Å². The number of hydrogen-bond donors (Lipinski definition) is 2. The van der Waals surface area contributed by atoms with Gasteiger partial charge in [-0.25, -0.2) is 0 Å². The first-order chi connectivity index (χ1) is 9.38. The summed E-state index contributed by atoms with van der Waals surface area (Å²) in [7, 11) is 0. The van der Waals surface area contributed by atoms with Gasteiger partial charge in [-0.3, -0.25) is 0 Å². The third-order valence-corrected chi connectivity index (χ3v) is 3.57. The standard InChI is InChI=1S/C14H8Cl4O2/c15-9-3-7(13(19)11(17)5-9)1-2-8-4-10(16)6-12(18)14(8)20/h1-6,19-20H. The van der Waals surface area contributed by atoms with Crippen molar-refractivity contribution in [1.82, 2.24) is 0 Å². The van der Waals surface area contributed by atoms with Gasteiger partial charge >= 0.3 is 0 Å². The molecule has 2 aromatic carbocycles. The molecule has 0 saturated heterocycles. The molecule has 0 aliphatic rings. The number of hydrogen-bond acceptors (Lipinski definition) is 2. The van der Waals surface area contributed by atoms with Gasteiger partial charge in [-0.05, 0) is 24.3 Å². The lowest BCUT2D eigenvalue weighted by Gasteiger charge is -2.05. The minimum Gasteiger partial charge on any atom is -0.506 e. The molecule has 0 fully saturated rings. The zero-order chi connectivity index (χ0) is 14.9. The first kappa shape index (κ1) is 15.3. The molecule has 0 aliphatic carbocycles. The second-order valence-electron chi connectivity index (χ2n) is 3.98. The van der Waals surface area contributed by atoms with Gasteiger partial charge < -0.3 is 10.2 Å². The Hall–Kier alpha value is -1.06. The van der Waals surface area contributed by atoms with Crippen molar-refractivity contribution in [2.24, 2.45) is 0 Å². The molecule has 0 amide bonds. The van der Waals surface area contributed by atoms with Gasteiger partial charge in [0.1, 0.15) is 11.5 Å². The topological polar surface area (TPSA) is 40.5 Å². The second kappa shape index (κ2) is 6.15. The number of phenols is 2. The van der Waals surface area contributed by atoms with E-state index in [-0.39, 0.29) is 21.5 Å². The molecular weight excluding hydrogens is 342 g/mol. The van der Waals surface area contributed by atoms with Crippen LogP contribution in [0.5, 0.6) is 11.5 Å². The molecule has 0 spiro atoms. The molecule has 0 bridgehead atoms. The molecule has 0 aromatic heterocycles. The van der Waals surface area contributed by atoms with Gasteiger partial charge in [-0.2, -0.15) is 0 Å². The lowest BCUT2D eigenvalue weighted by molar-refractivity contribution is 0.473. The van der Waals surface area contributed by atoms with E-state index in [1.165, 1.54) is 12.1 Å². The molecular formula is C14H8Cl4O2. The van der Waals surface area contributed by atoms with Crippen LogP contribution in [0.25, 0.3) is 12.2 Å². The zero-order valence-corrected chi connectivity index (χ0v) is 12.9. The summed E-state index contributed by atoms with van der Waals surface area (Å²) in [5.41, 5.74) is 0.830. The van der Waals surface area contributed by atoms with Crippen LogP contribution in [0.3, 0.4) is 0 Å². The highest BCUT2D eigenvalue weighted by atomic mass is 35.5. The predicted molar refractivity (Wildman–Crippen MR) is 85.2 cm³/mol. The van der Waals surface area contributed by atoms with Crippen molar-refractivity contribution in [3.8, 4) is 11.5 Å². The van der Waals surface area contributed by atoms with E-state index in [4.69, 9.17) is 46.4 Å². The van der Waals surface area contributed by atoms with Crippen molar-refractivity contribution < 1.29 is 10.2 Å². The fraction of sp³-hybridized carbons (Fsp3) is 0. The monoisotopic (exact) mass is 348 g/mol. The van der Waals surface area contributed by atoms with Crippen molar-refractivity contribution in [3.63, 3.8) is 0 Å². The van der Waals surface area contributed by atoms with Crippen molar-refractivity contribution in [2.45, 2.75) is 0 Å². The molecule has 0 aliphatic heterocycles. The second-order valence-corrected chi connectivity index (χ2v) is 5.67. The maximum absolute atomic E-state index is 9.82. The van der Waals surface area contributed by atoms with Crippen LogP contribution < -0.4 is 0 Å². The summed E-state index contributed by atoms with van der Waals surface area (Å²) in [6.45, 7) is 0. The molecule has 6 heteroatoms. The highest BCUT2D eigenvalue weighted by Crippen LogP contribution is 2.35. The van der Waals surface area contributed by atoms with Crippen molar-refractivity contribution >= 4 is 58.6 Å². The molecule has 0 atom stereocenters. The normalized spacial score (nSPS) is 11.2. The Balaban J connectivity index is 2.45. The largest absolute Gasteiger partial charge is 0.506 e. The zero-order valence-electron chi connectivity index (χ0n) is 9.87. The molecule has 20 heavy (non-hydrogen) atoms. The molecule has 0 unspecified atom stereocenters. The van der Waals surface area contributed by atoms with E-state index in [1.807, 2.05) is 0 Å². The van der Waals surface area contributed by atoms with E-state index in [2.05, 4.69) is 0 Å². The Morgan fingerprint density at radius 3 is 1.35 bits per heavy atom. The number of rotatable bonds is 2. The van der Waals surface area contributed by atoms with Gasteiger partial charge in [0.25, 0.3) is 0 Å². The molecule has 0 saturated carbocycles. The highest BCUT2D eigenvalue weighted by Gasteiger charge is 2.08. The lowest BCUT2D eigenvalue weighted by Crippen LogP contribution is -1.80. The number of phenolic OH excluding ortho intramolecular Hbond substituents is 2. The Morgan fingerprint density at radius 2 is 1.00 bits per heavy atom. The van der Waals surface area contributed by atoms with Crippen molar-refractivity contribution in [2.75, 3.05) is 0 Å². The van der Waals surface area contributed by atoms with Crippen molar-refractivity contribution in [1.29, 1.82) is 0 Å². The minimum atomic E-state index is -0.0973. The molecule has 2 aromatic rings. The van der Waals surface area contributed by atoms with E-state index in [0.29, 0.717) is 21.2 Å². The third kappa shape index (κ3) is 3.33. The molecule has 2 rings (SSSR count). The maximum atomic E-state index is 9.82. The first-order valence-corrected chi connectivity index (χ1v) is 6.94. The average Bonchev–Trinajstić information content (AvgIpc) is 2.37. The summed E-state index contributed by atoms with van der Waals surface area (Å²) >= 11 is 23.4. The van der Waals surface area contributed by atoms with Crippen LogP contribution in [-0.4, -0.2) is 10.2 Å². The Bertz CT molecular complexity index is 637. The number of halogens is 4.